The number of fused-ring (bicyclic) bond motifs is 4. The van der Waals surface area contributed by atoms with Crippen LogP contribution in [0.15, 0.2) is 18.2 Å². The van der Waals surface area contributed by atoms with E-state index in [1.807, 2.05) is 6.07 Å². The quantitative estimate of drug-likeness (QED) is 0.794. The molecular weight excluding hydrogens is 402 g/mol. The summed E-state index contributed by atoms with van der Waals surface area (Å²) in [6.45, 7) is 2.74. The third-order valence-electron chi connectivity index (χ3n) is 8.50. The Morgan fingerprint density at radius 2 is 1.88 bits per heavy atom. The number of aliphatic hydroxyl groups is 1. The number of hydrogen-bond acceptors (Lipinski definition) is 4. The number of hydrogen-bond donors (Lipinski definition) is 1. The molecule has 0 unspecified atom stereocenters. The molecule has 6 nitrogen and oxygen atoms in total. The van der Waals surface area contributed by atoms with E-state index in [9.17, 15) is 9.90 Å². The summed E-state index contributed by atoms with van der Waals surface area (Å²) in [5.41, 5.74) is 3.54. The molecule has 2 aromatic rings. The highest BCUT2D eigenvalue weighted by atomic mass is 16.5. The normalized spacial score (nSPS) is 24.1. The molecule has 3 aliphatic rings. The van der Waals surface area contributed by atoms with Crippen molar-refractivity contribution in [1.29, 1.82) is 0 Å². The smallest absolute Gasteiger partial charge is 0.226 e. The van der Waals surface area contributed by atoms with Gasteiger partial charge in [-0.05, 0) is 63.5 Å². The lowest BCUT2D eigenvalue weighted by molar-refractivity contribution is -0.143. The molecule has 1 saturated carbocycles. The summed E-state index contributed by atoms with van der Waals surface area (Å²) < 4.78 is 7.74. The third kappa shape index (κ3) is 3.34. The van der Waals surface area contributed by atoms with Crippen molar-refractivity contribution in [2.45, 2.75) is 56.4 Å². The van der Waals surface area contributed by atoms with Crippen molar-refractivity contribution in [1.82, 2.24) is 14.4 Å². The highest BCUT2D eigenvalue weighted by Crippen LogP contribution is 2.50. The molecule has 174 valence electrons. The van der Waals surface area contributed by atoms with Crippen LogP contribution in [-0.4, -0.2) is 65.8 Å². The van der Waals surface area contributed by atoms with Crippen LogP contribution in [0.3, 0.4) is 0 Å². The predicted octanol–water partition coefficient (Wildman–Crippen LogP) is 3.61. The first kappa shape index (κ1) is 21.8. The molecule has 1 spiro atoms. The molecule has 3 heterocycles. The number of piperidine rings is 1. The first-order chi connectivity index (χ1) is 15.5. The van der Waals surface area contributed by atoms with E-state index >= 15 is 0 Å². The van der Waals surface area contributed by atoms with Gasteiger partial charge in [0.05, 0.1) is 25.3 Å². The second-order valence-corrected chi connectivity index (χ2v) is 10.3. The van der Waals surface area contributed by atoms with Crippen LogP contribution in [0.4, 0.5) is 0 Å². The van der Waals surface area contributed by atoms with Gasteiger partial charge in [0.15, 0.2) is 0 Å². The fourth-order valence-corrected chi connectivity index (χ4v) is 6.63. The van der Waals surface area contributed by atoms with E-state index < -0.39 is 0 Å². The van der Waals surface area contributed by atoms with Gasteiger partial charge in [-0.3, -0.25) is 4.79 Å². The van der Waals surface area contributed by atoms with Crippen molar-refractivity contribution >= 4 is 16.8 Å². The standard InChI is InChI=1S/C26H37N3O3/c1-27-13-11-26(12-14-27)17-29(25(31)18-7-5-4-6-8-18)22(16-30)24-23(26)20-10-9-19(32-3)15-21(20)28(24)2/h9-10,15,18,22,30H,4-8,11-14,16-17H2,1-3H3/t22-/m0/s1. The molecule has 1 atom stereocenters. The number of aryl methyl sites for hydroxylation is 1. The lowest BCUT2D eigenvalue weighted by Gasteiger charge is -2.51. The van der Waals surface area contributed by atoms with E-state index in [-0.39, 0.29) is 29.9 Å². The fourth-order valence-electron chi connectivity index (χ4n) is 6.63. The second-order valence-electron chi connectivity index (χ2n) is 10.3. The zero-order chi connectivity index (χ0) is 22.5. The average molecular weight is 440 g/mol. The minimum absolute atomic E-state index is 0.0389. The molecule has 1 aromatic carbocycles. The van der Waals surface area contributed by atoms with Crippen molar-refractivity contribution in [3.8, 4) is 5.75 Å². The predicted molar refractivity (Wildman–Crippen MR) is 126 cm³/mol. The Balaban J connectivity index is 1.67. The number of nitrogens with zero attached hydrogens (tertiary/aromatic N) is 3. The summed E-state index contributed by atoms with van der Waals surface area (Å²) in [6, 6.07) is 6.03. The van der Waals surface area contributed by atoms with Crippen LogP contribution in [0.2, 0.25) is 0 Å². The summed E-state index contributed by atoms with van der Waals surface area (Å²) in [7, 11) is 5.97. The van der Waals surface area contributed by atoms with E-state index in [0.717, 1.165) is 75.1 Å². The van der Waals surface area contributed by atoms with Gasteiger partial charge in [-0.2, -0.15) is 0 Å². The van der Waals surface area contributed by atoms with Gasteiger partial charge in [-0.25, -0.2) is 0 Å². The van der Waals surface area contributed by atoms with Gasteiger partial charge in [0.1, 0.15) is 5.75 Å². The van der Waals surface area contributed by atoms with E-state index in [2.05, 4.69) is 40.6 Å². The number of aliphatic hydroxyl groups excluding tert-OH is 1. The second kappa shape index (κ2) is 8.38. The first-order valence-electron chi connectivity index (χ1n) is 12.3. The van der Waals surface area contributed by atoms with Crippen molar-refractivity contribution in [2.75, 3.05) is 40.4 Å². The molecule has 2 aliphatic heterocycles. The van der Waals surface area contributed by atoms with Crippen LogP contribution in [-0.2, 0) is 17.3 Å². The van der Waals surface area contributed by atoms with Crippen molar-refractivity contribution in [3.05, 3.63) is 29.5 Å². The maximum atomic E-state index is 13.8. The molecule has 1 saturated heterocycles. The topological polar surface area (TPSA) is 57.9 Å². The monoisotopic (exact) mass is 439 g/mol. The summed E-state index contributed by atoms with van der Waals surface area (Å²) >= 11 is 0. The minimum atomic E-state index is -0.284. The molecule has 1 amide bonds. The lowest BCUT2D eigenvalue weighted by atomic mass is 9.68. The lowest BCUT2D eigenvalue weighted by Crippen LogP contribution is -2.56. The van der Waals surface area contributed by atoms with Crippen LogP contribution in [0, 0.1) is 5.92 Å². The Hall–Kier alpha value is -2.05. The molecule has 6 heteroatoms. The fraction of sp³-hybridized carbons (Fsp3) is 0.654. The van der Waals surface area contributed by atoms with Crippen molar-refractivity contribution in [3.63, 3.8) is 0 Å². The highest BCUT2D eigenvalue weighted by Gasteiger charge is 2.49. The zero-order valence-electron chi connectivity index (χ0n) is 19.8. The number of ether oxygens (including phenoxy) is 1. The van der Waals surface area contributed by atoms with Crippen molar-refractivity contribution in [2.24, 2.45) is 13.0 Å². The van der Waals surface area contributed by atoms with E-state index in [1.165, 1.54) is 17.4 Å². The number of carbonyl (C=O) groups excluding carboxylic acids is 1. The van der Waals surface area contributed by atoms with Gasteiger partial charge in [0.25, 0.3) is 0 Å². The van der Waals surface area contributed by atoms with E-state index in [0.29, 0.717) is 0 Å². The first-order valence-corrected chi connectivity index (χ1v) is 12.3. The van der Waals surface area contributed by atoms with Crippen LogP contribution in [0.1, 0.15) is 62.2 Å². The number of aromatic nitrogens is 1. The molecule has 0 radical (unpaired) electrons. The highest BCUT2D eigenvalue weighted by molar-refractivity contribution is 5.90. The van der Waals surface area contributed by atoms with Crippen LogP contribution in [0.5, 0.6) is 5.75 Å². The molecule has 1 aromatic heterocycles. The van der Waals surface area contributed by atoms with E-state index in [1.54, 1.807) is 7.11 Å². The number of rotatable bonds is 3. The van der Waals surface area contributed by atoms with Gasteiger partial charge < -0.3 is 24.2 Å². The van der Waals surface area contributed by atoms with Gasteiger partial charge in [-0.15, -0.1) is 0 Å². The molecule has 2 fully saturated rings. The maximum absolute atomic E-state index is 13.8. The number of benzene rings is 1. The maximum Gasteiger partial charge on any atom is 0.226 e. The largest absolute Gasteiger partial charge is 0.497 e. The SMILES string of the molecule is COc1ccc2c3c(n(C)c2c1)[C@H](CO)N(C(=O)C1CCCCC1)CC31CCN(C)CC1. The summed E-state index contributed by atoms with van der Waals surface area (Å²) in [5, 5.41) is 11.8. The molecule has 5 rings (SSSR count). The summed E-state index contributed by atoms with van der Waals surface area (Å²) in [4.78, 5) is 18.3. The minimum Gasteiger partial charge on any atom is -0.497 e. The average Bonchev–Trinajstić information content (AvgIpc) is 3.13. The zero-order valence-corrected chi connectivity index (χ0v) is 19.8. The van der Waals surface area contributed by atoms with Crippen LogP contribution < -0.4 is 4.74 Å². The Morgan fingerprint density at radius 3 is 2.53 bits per heavy atom. The van der Waals surface area contributed by atoms with E-state index in [4.69, 9.17) is 4.74 Å². The van der Waals surface area contributed by atoms with Crippen LogP contribution >= 0.6 is 0 Å². The molecule has 0 bridgehead atoms. The number of amides is 1. The summed E-state index contributed by atoms with van der Waals surface area (Å²) in [5.74, 6) is 1.21. The molecular formula is C26H37N3O3. The van der Waals surface area contributed by atoms with Gasteiger partial charge in [0, 0.05) is 42.1 Å². The third-order valence-corrected chi connectivity index (χ3v) is 8.50. The number of likely N-dealkylation sites (tertiary alicyclic amines) is 1. The summed E-state index contributed by atoms with van der Waals surface area (Å²) in [6.07, 6.45) is 7.57. The Morgan fingerprint density at radius 1 is 1.16 bits per heavy atom. The van der Waals surface area contributed by atoms with Crippen LogP contribution in [0.25, 0.3) is 10.9 Å². The van der Waals surface area contributed by atoms with Gasteiger partial charge >= 0.3 is 0 Å². The Bertz CT molecular complexity index is 999. The Labute approximate surface area is 191 Å². The number of methoxy groups -OCH3 is 1. The molecule has 1 aliphatic carbocycles. The molecule has 1 N–H and O–H groups in total. The van der Waals surface area contributed by atoms with Gasteiger partial charge in [0.2, 0.25) is 5.91 Å². The van der Waals surface area contributed by atoms with Crippen molar-refractivity contribution < 1.29 is 14.6 Å². The number of carbonyl (C=O) groups is 1. The van der Waals surface area contributed by atoms with Gasteiger partial charge in [-0.1, -0.05) is 19.3 Å². The molecule has 32 heavy (non-hydrogen) atoms. The Kier molecular flexibility index (Phi) is 5.70.